The van der Waals surface area contributed by atoms with E-state index >= 15 is 0 Å². The Kier molecular flexibility index (Phi) is 7.35. The number of nitrogens with zero attached hydrogens (tertiary/aromatic N) is 1. The molecule has 0 aliphatic carbocycles. The lowest BCUT2D eigenvalue weighted by molar-refractivity contribution is -0.140. The SMILES string of the molecule is COC(=O)CCCCCN1C(=O)/C(=C/c2ccc(C(=O)O)cc2)SC1=S. The third-order valence-electron chi connectivity index (χ3n) is 3.82. The second-order valence-electron chi connectivity index (χ2n) is 5.65. The van der Waals surface area contributed by atoms with Gasteiger partial charge in [-0.05, 0) is 36.6 Å². The number of unbranched alkanes of at least 4 members (excludes halogenated alkanes) is 2. The number of hydrogen-bond donors (Lipinski definition) is 1. The maximum atomic E-state index is 12.5. The van der Waals surface area contributed by atoms with E-state index in [1.54, 1.807) is 23.1 Å². The van der Waals surface area contributed by atoms with Crippen molar-refractivity contribution in [3.8, 4) is 0 Å². The van der Waals surface area contributed by atoms with Gasteiger partial charge in [0.1, 0.15) is 4.32 Å². The first-order valence-electron chi connectivity index (χ1n) is 8.08. The van der Waals surface area contributed by atoms with Crippen molar-refractivity contribution in [1.29, 1.82) is 0 Å². The summed E-state index contributed by atoms with van der Waals surface area (Å²) in [5, 5.41) is 8.91. The lowest BCUT2D eigenvalue weighted by atomic mass is 10.1. The molecule has 6 nitrogen and oxygen atoms in total. The molecule has 0 bridgehead atoms. The second kappa shape index (κ2) is 9.49. The molecule has 8 heteroatoms. The number of amides is 1. The molecule has 0 unspecified atom stereocenters. The number of carboxylic acid groups (broad SMARTS) is 1. The molecule has 0 saturated carbocycles. The minimum absolute atomic E-state index is 0.143. The number of methoxy groups -OCH3 is 1. The predicted octanol–water partition coefficient (Wildman–Crippen LogP) is 3.32. The number of esters is 1. The average Bonchev–Trinajstić information content (AvgIpc) is 2.88. The first-order valence-corrected chi connectivity index (χ1v) is 9.30. The van der Waals surface area contributed by atoms with Gasteiger partial charge >= 0.3 is 11.9 Å². The zero-order valence-electron chi connectivity index (χ0n) is 14.3. The van der Waals surface area contributed by atoms with Gasteiger partial charge in [-0.25, -0.2) is 4.79 Å². The zero-order chi connectivity index (χ0) is 19.1. The second-order valence-corrected chi connectivity index (χ2v) is 7.32. The molecule has 1 aromatic carbocycles. The molecule has 1 N–H and O–H groups in total. The van der Waals surface area contributed by atoms with Crippen molar-refractivity contribution < 1.29 is 24.2 Å². The fourth-order valence-electron chi connectivity index (χ4n) is 2.38. The monoisotopic (exact) mass is 393 g/mol. The number of carbonyl (C=O) groups is 3. The lowest BCUT2D eigenvalue weighted by Crippen LogP contribution is -2.29. The number of thiocarbonyl (C=S) groups is 1. The van der Waals surface area contributed by atoms with Crippen molar-refractivity contribution in [1.82, 2.24) is 4.90 Å². The Bertz CT molecular complexity index is 742. The number of aromatic carboxylic acids is 1. The molecule has 0 spiro atoms. The van der Waals surface area contributed by atoms with E-state index in [-0.39, 0.29) is 17.4 Å². The van der Waals surface area contributed by atoms with Gasteiger partial charge in [0.15, 0.2) is 0 Å². The molecule has 1 amide bonds. The number of hydrogen-bond acceptors (Lipinski definition) is 6. The van der Waals surface area contributed by atoms with Crippen LogP contribution in [0, 0.1) is 0 Å². The van der Waals surface area contributed by atoms with Crippen LogP contribution < -0.4 is 0 Å². The minimum Gasteiger partial charge on any atom is -0.478 e. The fraction of sp³-hybridized carbons (Fsp3) is 0.333. The predicted molar refractivity (Wildman–Crippen MR) is 104 cm³/mol. The molecular weight excluding hydrogens is 374 g/mol. The summed E-state index contributed by atoms with van der Waals surface area (Å²) in [6, 6.07) is 6.30. The molecule has 0 radical (unpaired) electrons. The smallest absolute Gasteiger partial charge is 0.335 e. The van der Waals surface area contributed by atoms with Crippen molar-refractivity contribution in [3.05, 3.63) is 40.3 Å². The molecule has 1 heterocycles. The fourth-order valence-corrected chi connectivity index (χ4v) is 3.69. The number of rotatable bonds is 8. The third-order valence-corrected chi connectivity index (χ3v) is 5.20. The van der Waals surface area contributed by atoms with E-state index in [0.717, 1.165) is 18.4 Å². The minimum atomic E-state index is -0.991. The quantitative estimate of drug-likeness (QED) is 0.314. The number of carbonyl (C=O) groups excluding carboxylic acids is 2. The van der Waals surface area contributed by atoms with Gasteiger partial charge in [0, 0.05) is 13.0 Å². The first kappa shape index (κ1) is 20.1. The van der Waals surface area contributed by atoms with Crippen LogP contribution in [0.4, 0.5) is 0 Å². The van der Waals surface area contributed by atoms with Crippen LogP contribution in [0.3, 0.4) is 0 Å². The largest absolute Gasteiger partial charge is 0.478 e. The van der Waals surface area contributed by atoms with E-state index in [9.17, 15) is 14.4 Å². The van der Waals surface area contributed by atoms with Gasteiger partial charge in [0.2, 0.25) is 0 Å². The van der Waals surface area contributed by atoms with Crippen LogP contribution in [0.25, 0.3) is 6.08 Å². The molecular formula is C18H19NO5S2. The van der Waals surface area contributed by atoms with E-state index < -0.39 is 5.97 Å². The summed E-state index contributed by atoms with van der Waals surface area (Å²) >= 11 is 6.52. The third kappa shape index (κ3) is 5.40. The Balaban J connectivity index is 1.91. The zero-order valence-corrected chi connectivity index (χ0v) is 15.9. The average molecular weight is 393 g/mol. The van der Waals surface area contributed by atoms with Crippen LogP contribution in [0.5, 0.6) is 0 Å². The maximum absolute atomic E-state index is 12.5. The van der Waals surface area contributed by atoms with E-state index in [1.165, 1.54) is 31.0 Å². The van der Waals surface area contributed by atoms with Crippen LogP contribution in [-0.2, 0) is 14.3 Å². The molecule has 2 rings (SSSR count). The van der Waals surface area contributed by atoms with E-state index in [0.29, 0.717) is 28.6 Å². The Morgan fingerprint density at radius 1 is 1.23 bits per heavy atom. The molecule has 138 valence electrons. The van der Waals surface area contributed by atoms with Gasteiger partial charge < -0.3 is 9.84 Å². The van der Waals surface area contributed by atoms with Gasteiger partial charge in [-0.3, -0.25) is 14.5 Å². The van der Waals surface area contributed by atoms with E-state index in [4.69, 9.17) is 17.3 Å². The Morgan fingerprint density at radius 2 is 1.92 bits per heavy atom. The molecule has 1 fully saturated rings. The first-order chi connectivity index (χ1) is 12.4. The normalized spacial score (nSPS) is 15.6. The number of thioether (sulfide) groups is 1. The summed E-state index contributed by atoms with van der Waals surface area (Å²) in [4.78, 5) is 36.5. The van der Waals surface area contributed by atoms with Crippen LogP contribution in [-0.4, -0.2) is 45.8 Å². The lowest BCUT2D eigenvalue weighted by Gasteiger charge is -2.13. The summed E-state index contributed by atoms with van der Waals surface area (Å²) in [6.45, 7) is 0.515. The Hall–Kier alpha value is -2.19. The van der Waals surface area contributed by atoms with Crippen molar-refractivity contribution in [3.63, 3.8) is 0 Å². The summed E-state index contributed by atoms with van der Waals surface area (Å²) in [5.74, 6) is -1.36. The van der Waals surface area contributed by atoms with Crippen molar-refractivity contribution in [2.45, 2.75) is 25.7 Å². The Morgan fingerprint density at radius 3 is 2.54 bits per heavy atom. The number of ether oxygens (including phenoxy) is 1. The van der Waals surface area contributed by atoms with Crippen LogP contribution >= 0.6 is 24.0 Å². The van der Waals surface area contributed by atoms with Gasteiger partial charge in [0.05, 0.1) is 17.6 Å². The van der Waals surface area contributed by atoms with Crippen molar-refractivity contribution >= 4 is 52.2 Å². The van der Waals surface area contributed by atoms with Crippen LogP contribution in [0.2, 0.25) is 0 Å². The highest BCUT2D eigenvalue weighted by Gasteiger charge is 2.31. The molecule has 0 aromatic heterocycles. The van der Waals surface area contributed by atoms with Gasteiger partial charge in [-0.15, -0.1) is 0 Å². The van der Waals surface area contributed by atoms with Crippen molar-refractivity contribution in [2.75, 3.05) is 13.7 Å². The molecule has 1 aliphatic rings. The highest BCUT2D eigenvalue weighted by molar-refractivity contribution is 8.26. The van der Waals surface area contributed by atoms with Gasteiger partial charge in [-0.1, -0.05) is 42.5 Å². The number of benzene rings is 1. The van der Waals surface area contributed by atoms with E-state index in [2.05, 4.69) is 4.74 Å². The summed E-state index contributed by atoms with van der Waals surface area (Å²) < 4.78 is 5.10. The summed E-state index contributed by atoms with van der Waals surface area (Å²) in [5.41, 5.74) is 0.940. The standard InChI is InChI=1S/C18H19NO5S2/c1-24-15(20)5-3-2-4-10-19-16(21)14(26-18(19)25)11-12-6-8-13(9-7-12)17(22)23/h6-9,11H,2-5,10H2,1H3,(H,22,23)/b14-11-. The van der Waals surface area contributed by atoms with Gasteiger partial charge in [0.25, 0.3) is 5.91 Å². The maximum Gasteiger partial charge on any atom is 0.335 e. The van der Waals surface area contributed by atoms with Crippen LogP contribution in [0.1, 0.15) is 41.6 Å². The van der Waals surface area contributed by atoms with Gasteiger partial charge in [-0.2, -0.15) is 0 Å². The molecule has 26 heavy (non-hydrogen) atoms. The Labute approximate surface area is 161 Å². The van der Waals surface area contributed by atoms with Crippen molar-refractivity contribution in [2.24, 2.45) is 0 Å². The summed E-state index contributed by atoms with van der Waals surface area (Å²) in [6.07, 6.45) is 4.36. The molecule has 0 atom stereocenters. The highest BCUT2D eigenvalue weighted by Crippen LogP contribution is 2.32. The highest BCUT2D eigenvalue weighted by atomic mass is 32.2. The van der Waals surface area contributed by atoms with E-state index in [1.807, 2.05) is 0 Å². The number of carboxylic acids is 1. The molecule has 1 saturated heterocycles. The molecule has 1 aliphatic heterocycles. The topological polar surface area (TPSA) is 83.9 Å². The molecule has 1 aromatic rings. The van der Waals surface area contributed by atoms with Crippen LogP contribution in [0.15, 0.2) is 29.2 Å². The summed E-state index contributed by atoms with van der Waals surface area (Å²) in [7, 11) is 1.37.